The number of rotatable bonds is 3. The van der Waals surface area contributed by atoms with Crippen LogP contribution in [0.3, 0.4) is 0 Å². The molecule has 0 saturated carbocycles. The van der Waals surface area contributed by atoms with Crippen LogP contribution in [0.25, 0.3) is 0 Å². The van der Waals surface area contributed by atoms with E-state index in [4.69, 9.17) is 10.2 Å². The molecule has 0 aromatic rings. The van der Waals surface area contributed by atoms with E-state index < -0.39 is 25.0 Å². The lowest BCUT2D eigenvalue weighted by molar-refractivity contribution is -0.230. The fourth-order valence-electron chi connectivity index (χ4n) is 0.303. The maximum atomic E-state index is 12.0. The lowest BCUT2D eigenvalue weighted by Crippen LogP contribution is -2.30. The van der Waals surface area contributed by atoms with Crippen molar-refractivity contribution >= 4 is 12.3 Å². The minimum Gasteiger partial charge on any atom is -0.450 e. The second-order valence-electron chi connectivity index (χ2n) is 1.56. The number of ether oxygens (including phenoxy) is 2. The van der Waals surface area contributed by atoms with Gasteiger partial charge in [-0.15, -0.1) is 0 Å². The number of carbonyl (C=O) groups is 2. The quantitative estimate of drug-likeness (QED) is 0.637. The molecular weight excluding hydrogens is 182 g/mol. The standard InChI is InChI=1S/C4H4F2O6/c5-4(6,12-3(9)10)1-11-2(7)8/h1H2,(H,7,8)(H,9,10). The van der Waals surface area contributed by atoms with Crippen LogP contribution in [-0.4, -0.2) is 35.2 Å². The van der Waals surface area contributed by atoms with E-state index in [1.54, 1.807) is 0 Å². The van der Waals surface area contributed by atoms with Crippen molar-refractivity contribution in [3.8, 4) is 0 Å². The summed E-state index contributed by atoms with van der Waals surface area (Å²) in [5.41, 5.74) is 0. The molecule has 12 heavy (non-hydrogen) atoms. The first-order chi connectivity index (χ1) is 5.33. The molecule has 0 aliphatic heterocycles. The summed E-state index contributed by atoms with van der Waals surface area (Å²) < 4.78 is 30.5. The summed E-state index contributed by atoms with van der Waals surface area (Å²) in [5, 5.41) is 15.5. The topological polar surface area (TPSA) is 93.1 Å². The Kier molecular flexibility index (Phi) is 3.20. The van der Waals surface area contributed by atoms with Gasteiger partial charge in [-0.2, -0.15) is 8.78 Å². The van der Waals surface area contributed by atoms with E-state index in [9.17, 15) is 18.4 Å². The first kappa shape index (κ1) is 10.4. The van der Waals surface area contributed by atoms with Gasteiger partial charge in [0.15, 0.2) is 6.61 Å². The van der Waals surface area contributed by atoms with Crippen molar-refractivity contribution in [1.29, 1.82) is 0 Å². The van der Waals surface area contributed by atoms with E-state index in [0.29, 0.717) is 0 Å². The van der Waals surface area contributed by atoms with Crippen LogP contribution in [0, 0.1) is 0 Å². The predicted octanol–water partition coefficient (Wildman–Crippen LogP) is 0.968. The zero-order valence-corrected chi connectivity index (χ0v) is 5.49. The van der Waals surface area contributed by atoms with Crippen molar-refractivity contribution in [2.24, 2.45) is 0 Å². The Balaban J connectivity index is 3.86. The molecule has 0 saturated heterocycles. The smallest absolute Gasteiger partial charge is 0.450 e. The highest BCUT2D eigenvalue weighted by molar-refractivity contribution is 5.58. The van der Waals surface area contributed by atoms with Gasteiger partial charge < -0.3 is 19.7 Å². The van der Waals surface area contributed by atoms with Gasteiger partial charge in [-0.25, -0.2) is 9.59 Å². The van der Waals surface area contributed by atoms with Crippen LogP contribution in [0.1, 0.15) is 0 Å². The average molecular weight is 186 g/mol. The summed E-state index contributed by atoms with van der Waals surface area (Å²) in [6, 6.07) is 0. The monoisotopic (exact) mass is 186 g/mol. The molecular formula is C4H4F2O6. The molecule has 0 aliphatic rings. The fourth-order valence-corrected chi connectivity index (χ4v) is 0.303. The van der Waals surface area contributed by atoms with Crippen LogP contribution in [0.5, 0.6) is 0 Å². The Morgan fingerprint density at radius 1 is 1.25 bits per heavy atom. The highest BCUT2D eigenvalue weighted by Crippen LogP contribution is 2.15. The fraction of sp³-hybridized carbons (Fsp3) is 0.500. The highest BCUT2D eigenvalue weighted by Gasteiger charge is 2.36. The van der Waals surface area contributed by atoms with Gasteiger partial charge in [0.05, 0.1) is 0 Å². The highest BCUT2D eigenvalue weighted by atomic mass is 19.3. The van der Waals surface area contributed by atoms with Crippen molar-refractivity contribution < 1.29 is 38.1 Å². The van der Waals surface area contributed by atoms with Crippen molar-refractivity contribution in [3.63, 3.8) is 0 Å². The van der Waals surface area contributed by atoms with Gasteiger partial charge in [0.25, 0.3) is 0 Å². The molecule has 0 aromatic carbocycles. The number of hydrogen-bond donors (Lipinski definition) is 2. The maximum Gasteiger partial charge on any atom is 0.510 e. The molecule has 0 atom stereocenters. The lowest BCUT2D eigenvalue weighted by Gasteiger charge is -2.12. The summed E-state index contributed by atoms with van der Waals surface area (Å²) in [6.07, 6.45) is -8.30. The molecule has 0 rings (SSSR count). The van der Waals surface area contributed by atoms with E-state index in [0.717, 1.165) is 0 Å². The van der Waals surface area contributed by atoms with Crippen LogP contribution in [0.2, 0.25) is 0 Å². The minimum absolute atomic E-state index is 1.66. The van der Waals surface area contributed by atoms with E-state index >= 15 is 0 Å². The van der Waals surface area contributed by atoms with Gasteiger partial charge in [-0.05, 0) is 0 Å². The van der Waals surface area contributed by atoms with Crippen LogP contribution >= 0.6 is 0 Å². The molecule has 2 N–H and O–H groups in total. The second kappa shape index (κ2) is 3.69. The Morgan fingerprint density at radius 2 is 1.75 bits per heavy atom. The summed E-state index contributed by atoms with van der Waals surface area (Å²) in [7, 11) is 0. The molecule has 6 nitrogen and oxygen atoms in total. The molecule has 0 amide bonds. The zero-order valence-electron chi connectivity index (χ0n) is 5.49. The number of hydrogen-bond acceptors (Lipinski definition) is 4. The Bertz CT molecular complexity index is 190. The lowest BCUT2D eigenvalue weighted by atomic mass is 10.7. The summed E-state index contributed by atoms with van der Waals surface area (Å²) in [6.45, 7) is -1.66. The van der Waals surface area contributed by atoms with E-state index in [1.807, 2.05) is 0 Å². The molecule has 0 heterocycles. The van der Waals surface area contributed by atoms with Gasteiger partial charge in [0, 0.05) is 0 Å². The molecule has 0 aliphatic carbocycles. The molecule has 70 valence electrons. The number of alkyl halides is 2. The SMILES string of the molecule is O=C(O)OCC(F)(F)OC(=O)O. The largest absolute Gasteiger partial charge is 0.510 e. The number of halogens is 2. The third-order valence-electron chi connectivity index (χ3n) is 0.600. The van der Waals surface area contributed by atoms with Gasteiger partial charge in [0.2, 0.25) is 0 Å². The van der Waals surface area contributed by atoms with Gasteiger partial charge in [-0.3, -0.25) is 0 Å². The summed E-state index contributed by atoms with van der Waals surface area (Å²) in [5.74, 6) is 0. The number of carboxylic acid groups (broad SMARTS) is 2. The molecule has 0 bridgehead atoms. The third kappa shape index (κ3) is 5.21. The van der Waals surface area contributed by atoms with Crippen LogP contribution in [0.4, 0.5) is 18.4 Å². The third-order valence-corrected chi connectivity index (χ3v) is 0.600. The Morgan fingerprint density at radius 3 is 2.08 bits per heavy atom. The Labute approximate surface area is 64.3 Å². The van der Waals surface area contributed by atoms with Crippen molar-refractivity contribution in [1.82, 2.24) is 0 Å². The average Bonchev–Trinajstić information content (AvgIpc) is 1.81. The maximum absolute atomic E-state index is 12.0. The Hall–Kier alpha value is -1.60. The molecule has 0 fully saturated rings. The van der Waals surface area contributed by atoms with Crippen molar-refractivity contribution in [3.05, 3.63) is 0 Å². The molecule has 8 heteroatoms. The first-order valence-electron chi connectivity index (χ1n) is 2.49. The summed E-state index contributed by atoms with van der Waals surface area (Å²) in [4.78, 5) is 19.1. The molecule has 0 aromatic heterocycles. The summed E-state index contributed by atoms with van der Waals surface area (Å²) >= 11 is 0. The normalized spacial score (nSPS) is 10.5. The van der Waals surface area contributed by atoms with Crippen LogP contribution < -0.4 is 0 Å². The predicted molar refractivity (Wildman–Crippen MR) is 28.0 cm³/mol. The van der Waals surface area contributed by atoms with E-state index in [1.165, 1.54) is 0 Å². The van der Waals surface area contributed by atoms with Crippen molar-refractivity contribution in [2.45, 2.75) is 6.11 Å². The van der Waals surface area contributed by atoms with Crippen molar-refractivity contribution in [2.75, 3.05) is 6.61 Å². The molecule has 0 radical (unpaired) electrons. The minimum atomic E-state index is -4.15. The molecule has 0 unspecified atom stereocenters. The van der Waals surface area contributed by atoms with Gasteiger partial charge in [-0.1, -0.05) is 0 Å². The van der Waals surface area contributed by atoms with Crippen LogP contribution in [0.15, 0.2) is 0 Å². The zero-order chi connectivity index (χ0) is 9.78. The first-order valence-corrected chi connectivity index (χ1v) is 2.49. The van der Waals surface area contributed by atoms with Gasteiger partial charge in [0.1, 0.15) is 0 Å². The molecule has 0 spiro atoms. The van der Waals surface area contributed by atoms with Crippen LogP contribution in [-0.2, 0) is 9.47 Å². The van der Waals surface area contributed by atoms with Gasteiger partial charge >= 0.3 is 18.4 Å². The van der Waals surface area contributed by atoms with E-state index in [2.05, 4.69) is 9.47 Å². The second-order valence-corrected chi connectivity index (χ2v) is 1.56. The van der Waals surface area contributed by atoms with E-state index in [-0.39, 0.29) is 0 Å².